The zero-order valence-electron chi connectivity index (χ0n) is 8.42. The molecule has 71 valence electrons. The van der Waals surface area contributed by atoms with Crippen molar-refractivity contribution in [3.63, 3.8) is 0 Å². The third-order valence-corrected chi connectivity index (χ3v) is 1.86. The fraction of sp³-hybridized carbons (Fsp3) is 0.500. The molecule has 0 aliphatic carbocycles. The van der Waals surface area contributed by atoms with Crippen LogP contribution in [0.25, 0.3) is 0 Å². The van der Waals surface area contributed by atoms with Gasteiger partial charge in [-0.3, -0.25) is 0 Å². The van der Waals surface area contributed by atoms with E-state index in [9.17, 15) is 0 Å². The number of hydrogen-bond acceptors (Lipinski definition) is 1. The highest BCUT2D eigenvalue weighted by molar-refractivity contribution is 5.19. The second-order valence-electron chi connectivity index (χ2n) is 3.61. The van der Waals surface area contributed by atoms with E-state index < -0.39 is 0 Å². The van der Waals surface area contributed by atoms with E-state index in [1.165, 1.54) is 6.42 Å². The van der Waals surface area contributed by atoms with Gasteiger partial charge in [-0.25, -0.2) is 0 Å². The van der Waals surface area contributed by atoms with Crippen molar-refractivity contribution >= 4 is 0 Å². The average Bonchev–Trinajstić information content (AvgIpc) is 2.14. The lowest BCUT2D eigenvalue weighted by molar-refractivity contribution is 0.297. The van der Waals surface area contributed by atoms with E-state index in [0.29, 0.717) is 0 Å². The smallest absolute Gasteiger partial charge is 0.127 e. The standard InChI is InChI=1S/C12H17O/c1-11(2)7-6-10-13-12-8-4-3-5-9-12/h3-5,8,11H,6-7,10H2,1-2H3. The molecule has 0 aliphatic rings. The van der Waals surface area contributed by atoms with Crippen LogP contribution in [0.3, 0.4) is 0 Å². The van der Waals surface area contributed by atoms with Gasteiger partial charge in [-0.05, 0) is 24.8 Å². The molecule has 0 bridgehead atoms. The van der Waals surface area contributed by atoms with E-state index in [1.807, 2.05) is 24.3 Å². The van der Waals surface area contributed by atoms with E-state index in [4.69, 9.17) is 4.74 Å². The highest BCUT2D eigenvalue weighted by Crippen LogP contribution is 2.09. The topological polar surface area (TPSA) is 9.23 Å². The maximum Gasteiger partial charge on any atom is 0.127 e. The summed E-state index contributed by atoms with van der Waals surface area (Å²) in [6.07, 6.45) is 2.35. The SMILES string of the molecule is CC(C)CCCOc1[c]cccc1. The Balaban J connectivity index is 2.13. The Hall–Kier alpha value is -0.980. The van der Waals surface area contributed by atoms with Gasteiger partial charge >= 0.3 is 0 Å². The molecule has 1 heteroatoms. The first-order chi connectivity index (χ1) is 6.29. The molecule has 0 aromatic heterocycles. The van der Waals surface area contributed by atoms with Crippen LogP contribution in [0, 0.1) is 12.0 Å². The molecule has 1 aromatic rings. The summed E-state index contributed by atoms with van der Waals surface area (Å²) in [7, 11) is 0. The van der Waals surface area contributed by atoms with E-state index in [0.717, 1.165) is 24.7 Å². The van der Waals surface area contributed by atoms with Gasteiger partial charge in [-0.2, -0.15) is 0 Å². The number of rotatable bonds is 5. The molecule has 1 aromatic carbocycles. The Morgan fingerprint density at radius 1 is 1.38 bits per heavy atom. The first kappa shape index (κ1) is 10.1. The minimum Gasteiger partial charge on any atom is -0.493 e. The summed E-state index contributed by atoms with van der Waals surface area (Å²) in [5.41, 5.74) is 0. The van der Waals surface area contributed by atoms with Crippen LogP contribution < -0.4 is 4.74 Å². The van der Waals surface area contributed by atoms with Crippen molar-refractivity contribution in [3.8, 4) is 5.75 Å². The van der Waals surface area contributed by atoms with Gasteiger partial charge < -0.3 is 4.74 Å². The van der Waals surface area contributed by atoms with Crippen LogP contribution >= 0.6 is 0 Å². The van der Waals surface area contributed by atoms with Crippen molar-refractivity contribution in [1.29, 1.82) is 0 Å². The van der Waals surface area contributed by atoms with Crippen molar-refractivity contribution in [2.75, 3.05) is 6.61 Å². The summed E-state index contributed by atoms with van der Waals surface area (Å²) in [6, 6.07) is 10.8. The molecule has 1 rings (SSSR count). The second-order valence-corrected chi connectivity index (χ2v) is 3.61. The lowest BCUT2D eigenvalue weighted by Gasteiger charge is -2.06. The lowest BCUT2D eigenvalue weighted by atomic mass is 10.1. The number of benzene rings is 1. The van der Waals surface area contributed by atoms with E-state index in [-0.39, 0.29) is 0 Å². The highest BCUT2D eigenvalue weighted by Gasteiger charge is 1.95. The predicted molar refractivity (Wildman–Crippen MR) is 54.8 cm³/mol. The van der Waals surface area contributed by atoms with Crippen molar-refractivity contribution in [2.24, 2.45) is 5.92 Å². The first-order valence-corrected chi connectivity index (χ1v) is 4.88. The van der Waals surface area contributed by atoms with Crippen LogP contribution in [-0.2, 0) is 0 Å². The second kappa shape index (κ2) is 5.63. The third kappa shape index (κ3) is 4.56. The molecule has 0 unspecified atom stereocenters. The van der Waals surface area contributed by atoms with Crippen LogP contribution in [0.4, 0.5) is 0 Å². The fourth-order valence-electron chi connectivity index (χ4n) is 1.14. The molecule has 0 fully saturated rings. The Morgan fingerprint density at radius 3 is 2.85 bits per heavy atom. The summed E-state index contributed by atoms with van der Waals surface area (Å²) in [6.45, 7) is 5.27. The zero-order valence-corrected chi connectivity index (χ0v) is 8.42. The molecule has 0 saturated heterocycles. The highest BCUT2D eigenvalue weighted by atomic mass is 16.5. The van der Waals surface area contributed by atoms with Gasteiger partial charge in [0.05, 0.1) is 6.61 Å². The molecular formula is C12H17O. The molecule has 0 heterocycles. The maximum atomic E-state index is 5.50. The predicted octanol–water partition coefficient (Wildman–Crippen LogP) is 3.30. The van der Waals surface area contributed by atoms with Crippen LogP contribution in [0.5, 0.6) is 5.75 Å². The van der Waals surface area contributed by atoms with E-state index in [1.54, 1.807) is 0 Å². The van der Waals surface area contributed by atoms with Crippen LogP contribution in [0.1, 0.15) is 26.7 Å². The summed E-state index contributed by atoms with van der Waals surface area (Å²) >= 11 is 0. The van der Waals surface area contributed by atoms with Gasteiger partial charge in [-0.15, -0.1) is 0 Å². The molecule has 0 aliphatic heterocycles. The van der Waals surface area contributed by atoms with Crippen molar-refractivity contribution in [2.45, 2.75) is 26.7 Å². The summed E-state index contributed by atoms with van der Waals surface area (Å²) in [5, 5.41) is 0. The van der Waals surface area contributed by atoms with Gasteiger partial charge in [0.15, 0.2) is 0 Å². The minimum atomic E-state index is 0.767. The minimum absolute atomic E-state index is 0.767. The summed E-state index contributed by atoms with van der Waals surface area (Å²) in [5.74, 6) is 1.62. The molecule has 0 spiro atoms. The van der Waals surface area contributed by atoms with Gasteiger partial charge in [-0.1, -0.05) is 32.0 Å². The number of hydrogen-bond donors (Lipinski definition) is 0. The molecule has 1 radical (unpaired) electrons. The van der Waals surface area contributed by atoms with Crippen LogP contribution in [-0.4, -0.2) is 6.61 Å². The zero-order chi connectivity index (χ0) is 9.52. The van der Waals surface area contributed by atoms with Crippen molar-refractivity contribution in [1.82, 2.24) is 0 Å². The molecule has 0 saturated carbocycles. The largest absolute Gasteiger partial charge is 0.493 e. The Morgan fingerprint density at radius 2 is 2.23 bits per heavy atom. The summed E-state index contributed by atoms with van der Waals surface area (Å²) < 4.78 is 5.50. The van der Waals surface area contributed by atoms with Gasteiger partial charge in [0.1, 0.15) is 5.75 Å². The Labute approximate surface area is 80.7 Å². The van der Waals surface area contributed by atoms with Gasteiger partial charge in [0, 0.05) is 6.07 Å². The molecule has 0 N–H and O–H groups in total. The first-order valence-electron chi connectivity index (χ1n) is 4.88. The molecule has 13 heavy (non-hydrogen) atoms. The molecule has 1 nitrogen and oxygen atoms in total. The van der Waals surface area contributed by atoms with E-state index in [2.05, 4.69) is 19.9 Å². The molecule has 0 amide bonds. The van der Waals surface area contributed by atoms with Crippen LogP contribution in [0.2, 0.25) is 0 Å². The Bertz CT molecular complexity index is 216. The van der Waals surface area contributed by atoms with Gasteiger partial charge in [0.2, 0.25) is 0 Å². The molecule has 0 atom stereocenters. The summed E-state index contributed by atoms with van der Waals surface area (Å²) in [4.78, 5) is 0. The maximum absolute atomic E-state index is 5.50. The Kier molecular flexibility index (Phi) is 4.37. The monoisotopic (exact) mass is 177 g/mol. The normalized spacial score (nSPS) is 10.4. The quantitative estimate of drug-likeness (QED) is 0.627. The number of para-hydroxylation sites is 1. The number of ether oxygens (including phenoxy) is 1. The van der Waals surface area contributed by atoms with E-state index >= 15 is 0 Å². The fourth-order valence-corrected chi connectivity index (χ4v) is 1.14. The van der Waals surface area contributed by atoms with Crippen molar-refractivity contribution < 1.29 is 4.74 Å². The van der Waals surface area contributed by atoms with Gasteiger partial charge in [0.25, 0.3) is 0 Å². The third-order valence-electron chi connectivity index (χ3n) is 1.86. The van der Waals surface area contributed by atoms with Crippen LogP contribution in [0.15, 0.2) is 24.3 Å². The lowest BCUT2D eigenvalue weighted by Crippen LogP contribution is -1.99. The average molecular weight is 177 g/mol. The molecular weight excluding hydrogens is 160 g/mol. The van der Waals surface area contributed by atoms with Crippen molar-refractivity contribution in [3.05, 3.63) is 30.3 Å².